The van der Waals surface area contributed by atoms with Crippen molar-refractivity contribution in [3.8, 4) is 0 Å². The molecule has 1 aromatic heterocycles. The summed E-state index contributed by atoms with van der Waals surface area (Å²) < 4.78 is 0. The predicted molar refractivity (Wildman–Crippen MR) is 75.0 cm³/mol. The van der Waals surface area contributed by atoms with Gasteiger partial charge in [0.15, 0.2) is 0 Å². The normalized spacial score (nSPS) is 20.2. The second-order valence-electron chi connectivity index (χ2n) is 5.18. The van der Waals surface area contributed by atoms with Crippen LogP contribution in [0.2, 0.25) is 0 Å². The van der Waals surface area contributed by atoms with Crippen molar-refractivity contribution in [1.82, 2.24) is 15.3 Å². The number of piperidine rings is 1. The van der Waals surface area contributed by atoms with Crippen molar-refractivity contribution in [3.63, 3.8) is 0 Å². The fourth-order valence-corrected chi connectivity index (χ4v) is 2.65. The van der Waals surface area contributed by atoms with Gasteiger partial charge in [-0.15, -0.1) is 0 Å². The Hall–Kier alpha value is -1.16. The molecule has 0 spiro atoms. The average molecular weight is 248 g/mol. The number of hydrogen-bond donors (Lipinski definition) is 1. The Morgan fingerprint density at radius 1 is 1.39 bits per heavy atom. The van der Waals surface area contributed by atoms with Gasteiger partial charge in [-0.3, -0.25) is 0 Å². The van der Waals surface area contributed by atoms with Gasteiger partial charge in [0.05, 0.1) is 0 Å². The van der Waals surface area contributed by atoms with Gasteiger partial charge in [-0.05, 0) is 45.7 Å². The zero-order valence-electron chi connectivity index (χ0n) is 11.7. The van der Waals surface area contributed by atoms with Crippen LogP contribution in [0.4, 0.5) is 5.82 Å². The maximum Gasteiger partial charge on any atom is 0.132 e. The van der Waals surface area contributed by atoms with Gasteiger partial charge in [-0.25, -0.2) is 9.97 Å². The highest BCUT2D eigenvalue weighted by molar-refractivity contribution is 5.40. The van der Waals surface area contributed by atoms with Crippen molar-refractivity contribution < 1.29 is 0 Å². The summed E-state index contributed by atoms with van der Waals surface area (Å²) in [5.41, 5.74) is 1.06. The summed E-state index contributed by atoms with van der Waals surface area (Å²) in [6, 6.07) is 2.10. The molecule has 0 radical (unpaired) electrons. The predicted octanol–water partition coefficient (Wildman–Crippen LogP) is 1.92. The van der Waals surface area contributed by atoms with Gasteiger partial charge in [-0.2, -0.15) is 0 Å². The summed E-state index contributed by atoms with van der Waals surface area (Å²) in [6.45, 7) is 10.6. The Balaban J connectivity index is 2.03. The Labute approximate surface area is 110 Å². The molecule has 100 valence electrons. The van der Waals surface area contributed by atoms with Crippen molar-refractivity contribution in [3.05, 3.63) is 17.6 Å². The zero-order valence-corrected chi connectivity index (χ0v) is 11.7. The monoisotopic (exact) mass is 248 g/mol. The van der Waals surface area contributed by atoms with E-state index in [0.29, 0.717) is 0 Å². The first-order valence-corrected chi connectivity index (χ1v) is 6.97. The molecule has 4 heteroatoms. The van der Waals surface area contributed by atoms with Gasteiger partial charge in [0.2, 0.25) is 0 Å². The lowest BCUT2D eigenvalue weighted by Crippen LogP contribution is -2.40. The van der Waals surface area contributed by atoms with Gasteiger partial charge in [0.1, 0.15) is 11.6 Å². The van der Waals surface area contributed by atoms with E-state index in [9.17, 15) is 0 Å². The molecule has 1 fully saturated rings. The van der Waals surface area contributed by atoms with Crippen molar-refractivity contribution in [2.24, 2.45) is 5.92 Å². The molecule has 0 bridgehead atoms. The number of nitrogens with zero attached hydrogens (tertiary/aromatic N) is 3. The van der Waals surface area contributed by atoms with E-state index in [0.717, 1.165) is 49.4 Å². The molecule has 1 aliphatic heterocycles. The average Bonchev–Trinajstić information content (AvgIpc) is 2.35. The SMILES string of the molecule is CCNCC1CCCN(c2cc(C)nc(C)n2)C1. The Kier molecular flexibility index (Phi) is 4.53. The van der Waals surface area contributed by atoms with E-state index >= 15 is 0 Å². The summed E-state index contributed by atoms with van der Waals surface area (Å²) >= 11 is 0. The zero-order chi connectivity index (χ0) is 13.0. The van der Waals surface area contributed by atoms with E-state index < -0.39 is 0 Å². The van der Waals surface area contributed by atoms with Crippen LogP contribution in [0.5, 0.6) is 0 Å². The summed E-state index contributed by atoms with van der Waals surface area (Å²) in [5.74, 6) is 2.72. The van der Waals surface area contributed by atoms with Crippen molar-refractivity contribution in [2.45, 2.75) is 33.6 Å². The smallest absolute Gasteiger partial charge is 0.132 e. The Bertz CT molecular complexity index is 371. The number of nitrogens with one attached hydrogen (secondary N) is 1. The molecule has 1 saturated heterocycles. The number of rotatable bonds is 4. The molecule has 1 unspecified atom stereocenters. The first-order valence-electron chi connectivity index (χ1n) is 6.97. The van der Waals surface area contributed by atoms with Crippen molar-refractivity contribution in [2.75, 3.05) is 31.1 Å². The standard InChI is InChI=1S/C14H24N4/c1-4-15-9-13-6-5-7-18(10-13)14-8-11(2)16-12(3)17-14/h8,13,15H,4-7,9-10H2,1-3H3. The third-order valence-electron chi connectivity index (χ3n) is 3.48. The summed E-state index contributed by atoms with van der Waals surface area (Å²) in [7, 11) is 0. The Morgan fingerprint density at radius 2 is 2.22 bits per heavy atom. The van der Waals surface area contributed by atoms with Crippen LogP contribution in [0.1, 0.15) is 31.3 Å². The van der Waals surface area contributed by atoms with Crippen LogP contribution in [0, 0.1) is 19.8 Å². The molecule has 18 heavy (non-hydrogen) atoms. The summed E-state index contributed by atoms with van der Waals surface area (Å²) in [6.07, 6.45) is 2.59. The van der Waals surface area contributed by atoms with Crippen molar-refractivity contribution >= 4 is 5.82 Å². The largest absolute Gasteiger partial charge is 0.356 e. The highest BCUT2D eigenvalue weighted by atomic mass is 15.2. The number of aromatic nitrogens is 2. The lowest BCUT2D eigenvalue weighted by atomic mass is 9.98. The molecule has 0 aliphatic carbocycles. The molecule has 0 saturated carbocycles. The number of hydrogen-bond acceptors (Lipinski definition) is 4. The van der Waals surface area contributed by atoms with Crippen molar-refractivity contribution in [1.29, 1.82) is 0 Å². The van der Waals surface area contributed by atoms with E-state index in [-0.39, 0.29) is 0 Å². The maximum absolute atomic E-state index is 4.57. The maximum atomic E-state index is 4.57. The fraction of sp³-hybridized carbons (Fsp3) is 0.714. The van der Waals surface area contributed by atoms with Crippen LogP contribution >= 0.6 is 0 Å². The van der Waals surface area contributed by atoms with E-state index in [1.54, 1.807) is 0 Å². The van der Waals surface area contributed by atoms with Gasteiger partial charge in [0.25, 0.3) is 0 Å². The van der Waals surface area contributed by atoms with Gasteiger partial charge < -0.3 is 10.2 Å². The lowest BCUT2D eigenvalue weighted by molar-refractivity contribution is 0.394. The van der Waals surface area contributed by atoms with E-state index in [1.807, 2.05) is 13.8 Å². The highest BCUT2D eigenvalue weighted by Crippen LogP contribution is 2.21. The highest BCUT2D eigenvalue weighted by Gasteiger charge is 2.20. The molecule has 1 aliphatic rings. The third kappa shape index (κ3) is 3.42. The summed E-state index contributed by atoms with van der Waals surface area (Å²) in [5, 5.41) is 3.45. The molecule has 1 aromatic rings. The van der Waals surface area contributed by atoms with Gasteiger partial charge in [-0.1, -0.05) is 6.92 Å². The van der Waals surface area contributed by atoms with E-state index in [1.165, 1.54) is 12.8 Å². The van der Waals surface area contributed by atoms with Gasteiger partial charge in [0, 0.05) is 24.8 Å². The molecule has 0 amide bonds. The van der Waals surface area contributed by atoms with Crippen LogP contribution in [0.15, 0.2) is 6.07 Å². The van der Waals surface area contributed by atoms with E-state index in [2.05, 4.69) is 33.2 Å². The lowest BCUT2D eigenvalue weighted by Gasteiger charge is -2.33. The first kappa shape index (κ1) is 13.3. The van der Waals surface area contributed by atoms with Crippen LogP contribution in [0.25, 0.3) is 0 Å². The third-order valence-corrected chi connectivity index (χ3v) is 3.48. The molecule has 4 nitrogen and oxygen atoms in total. The fourth-order valence-electron chi connectivity index (χ4n) is 2.65. The molecule has 1 atom stereocenters. The van der Waals surface area contributed by atoms with Crippen LogP contribution in [-0.2, 0) is 0 Å². The second-order valence-corrected chi connectivity index (χ2v) is 5.18. The second kappa shape index (κ2) is 6.14. The minimum Gasteiger partial charge on any atom is -0.356 e. The summed E-state index contributed by atoms with van der Waals surface area (Å²) in [4.78, 5) is 11.3. The molecular weight excluding hydrogens is 224 g/mol. The molecule has 2 heterocycles. The minimum absolute atomic E-state index is 0.745. The Morgan fingerprint density at radius 3 is 2.94 bits per heavy atom. The van der Waals surface area contributed by atoms with Crippen LogP contribution in [0.3, 0.4) is 0 Å². The molecule has 2 rings (SSSR count). The molecule has 1 N–H and O–H groups in total. The quantitative estimate of drug-likeness (QED) is 0.884. The van der Waals surface area contributed by atoms with Crippen LogP contribution < -0.4 is 10.2 Å². The van der Waals surface area contributed by atoms with Crippen LogP contribution in [-0.4, -0.2) is 36.1 Å². The molecule has 0 aromatic carbocycles. The minimum atomic E-state index is 0.745. The number of anilines is 1. The topological polar surface area (TPSA) is 41.0 Å². The molecular formula is C14H24N4. The van der Waals surface area contributed by atoms with E-state index in [4.69, 9.17) is 0 Å². The van der Waals surface area contributed by atoms with Gasteiger partial charge >= 0.3 is 0 Å². The number of aryl methyl sites for hydroxylation is 2. The first-order chi connectivity index (χ1) is 8.69.